The molecule has 1 amide bonds. The third kappa shape index (κ3) is 4.72. The second-order valence-electron chi connectivity index (χ2n) is 5.36. The molecule has 0 fully saturated rings. The first-order chi connectivity index (χ1) is 11.3. The fraction of sp³-hybridized carbons (Fsp3) is 0.235. The Morgan fingerprint density at radius 3 is 2.33 bits per heavy atom. The van der Waals surface area contributed by atoms with Gasteiger partial charge >= 0.3 is 0 Å². The van der Waals surface area contributed by atoms with E-state index in [2.05, 4.69) is 10.0 Å². The zero-order valence-corrected chi connectivity index (χ0v) is 15.0. The van der Waals surface area contributed by atoms with E-state index in [4.69, 9.17) is 11.6 Å². The molecule has 0 saturated heterocycles. The molecule has 0 spiro atoms. The van der Waals surface area contributed by atoms with Gasteiger partial charge in [-0.3, -0.25) is 9.52 Å². The summed E-state index contributed by atoms with van der Waals surface area (Å²) in [6.45, 7) is 3.55. The predicted molar refractivity (Wildman–Crippen MR) is 98.3 cm³/mol. The van der Waals surface area contributed by atoms with Crippen molar-refractivity contribution in [2.24, 2.45) is 0 Å². The Labute approximate surface area is 147 Å². The Kier molecular flexibility index (Phi) is 5.85. The van der Waals surface area contributed by atoms with Crippen molar-refractivity contribution >= 4 is 38.9 Å². The molecule has 0 saturated carbocycles. The van der Waals surface area contributed by atoms with Crippen molar-refractivity contribution < 1.29 is 13.2 Å². The maximum atomic E-state index is 12.3. The molecule has 5 nitrogen and oxygen atoms in total. The number of anilines is 2. The Morgan fingerprint density at radius 1 is 1.08 bits per heavy atom. The zero-order valence-electron chi connectivity index (χ0n) is 13.5. The summed E-state index contributed by atoms with van der Waals surface area (Å²) < 4.78 is 26.4. The van der Waals surface area contributed by atoms with Crippen molar-refractivity contribution in [3.8, 4) is 0 Å². The minimum atomic E-state index is -3.39. The van der Waals surface area contributed by atoms with Crippen LogP contribution in [0.4, 0.5) is 11.4 Å². The molecule has 24 heavy (non-hydrogen) atoms. The second-order valence-corrected chi connectivity index (χ2v) is 7.64. The van der Waals surface area contributed by atoms with Gasteiger partial charge in [0.2, 0.25) is 10.0 Å². The molecule has 0 radical (unpaired) electrons. The fourth-order valence-corrected chi connectivity index (χ4v) is 3.49. The van der Waals surface area contributed by atoms with Gasteiger partial charge in [-0.05, 0) is 55.3 Å². The largest absolute Gasteiger partial charge is 0.322 e. The number of halogens is 1. The molecule has 7 heteroatoms. The number of hydrogen-bond acceptors (Lipinski definition) is 3. The van der Waals surface area contributed by atoms with Gasteiger partial charge in [0.05, 0.1) is 11.4 Å². The zero-order chi connectivity index (χ0) is 17.7. The summed E-state index contributed by atoms with van der Waals surface area (Å²) in [6.07, 6.45) is 0.529. The van der Waals surface area contributed by atoms with Gasteiger partial charge in [0.1, 0.15) is 0 Å². The monoisotopic (exact) mass is 366 g/mol. The van der Waals surface area contributed by atoms with Crippen LogP contribution in [0.3, 0.4) is 0 Å². The van der Waals surface area contributed by atoms with Crippen LogP contribution in [0.25, 0.3) is 0 Å². The summed E-state index contributed by atoms with van der Waals surface area (Å²) in [7, 11) is -3.39. The van der Waals surface area contributed by atoms with E-state index < -0.39 is 10.0 Å². The number of benzene rings is 2. The Bertz CT molecular complexity index is 833. The number of nitrogens with one attached hydrogen (secondary N) is 2. The molecule has 128 valence electrons. The number of amides is 1. The molecule has 2 aromatic rings. The Balaban J connectivity index is 2.21. The average Bonchev–Trinajstić information content (AvgIpc) is 2.51. The van der Waals surface area contributed by atoms with Crippen molar-refractivity contribution in [3.63, 3.8) is 0 Å². The van der Waals surface area contributed by atoms with Crippen LogP contribution in [0, 0.1) is 6.92 Å². The SMILES string of the molecule is CCCS(=O)(=O)Nc1cccc(NC(=O)c2ccc(Cl)cc2)c1C. The summed E-state index contributed by atoms with van der Waals surface area (Å²) in [5.74, 6) is -0.239. The van der Waals surface area contributed by atoms with E-state index in [-0.39, 0.29) is 11.7 Å². The van der Waals surface area contributed by atoms with E-state index >= 15 is 0 Å². The number of carbonyl (C=O) groups excluding carboxylic acids is 1. The van der Waals surface area contributed by atoms with E-state index in [1.807, 2.05) is 0 Å². The maximum Gasteiger partial charge on any atom is 0.255 e. The molecule has 0 aliphatic carbocycles. The van der Waals surface area contributed by atoms with Crippen molar-refractivity contribution in [1.82, 2.24) is 0 Å². The first-order valence-electron chi connectivity index (χ1n) is 7.49. The highest BCUT2D eigenvalue weighted by molar-refractivity contribution is 7.92. The molecular weight excluding hydrogens is 348 g/mol. The number of sulfonamides is 1. The van der Waals surface area contributed by atoms with Crippen molar-refractivity contribution in [2.45, 2.75) is 20.3 Å². The van der Waals surface area contributed by atoms with Crippen LogP contribution in [0.5, 0.6) is 0 Å². The summed E-state index contributed by atoms with van der Waals surface area (Å²) in [5.41, 5.74) is 2.12. The number of rotatable bonds is 6. The van der Waals surface area contributed by atoms with Crippen molar-refractivity contribution in [2.75, 3.05) is 15.8 Å². The minimum Gasteiger partial charge on any atom is -0.322 e. The van der Waals surface area contributed by atoms with Gasteiger partial charge in [-0.2, -0.15) is 0 Å². The molecule has 0 aromatic heterocycles. The van der Waals surface area contributed by atoms with Crippen LogP contribution in [0.2, 0.25) is 5.02 Å². The third-order valence-electron chi connectivity index (χ3n) is 3.43. The molecule has 2 aromatic carbocycles. The lowest BCUT2D eigenvalue weighted by Crippen LogP contribution is -2.18. The quantitative estimate of drug-likeness (QED) is 0.809. The van der Waals surface area contributed by atoms with Crippen LogP contribution < -0.4 is 10.0 Å². The first kappa shape index (κ1) is 18.3. The van der Waals surface area contributed by atoms with Gasteiger partial charge < -0.3 is 5.32 Å². The lowest BCUT2D eigenvalue weighted by Gasteiger charge is -2.14. The van der Waals surface area contributed by atoms with Crippen LogP contribution in [0.15, 0.2) is 42.5 Å². The highest BCUT2D eigenvalue weighted by atomic mass is 35.5. The molecule has 0 bridgehead atoms. The maximum absolute atomic E-state index is 12.3. The molecule has 0 unspecified atom stereocenters. The molecule has 2 N–H and O–H groups in total. The molecule has 0 aliphatic heterocycles. The van der Waals surface area contributed by atoms with Gasteiger partial charge in [-0.1, -0.05) is 24.6 Å². The highest BCUT2D eigenvalue weighted by Gasteiger charge is 2.14. The summed E-state index contributed by atoms with van der Waals surface area (Å²) in [5, 5.41) is 3.34. The Morgan fingerprint density at radius 2 is 1.71 bits per heavy atom. The van der Waals surface area contributed by atoms with E-state index in [1.165, 1.54) is 0 Å². The third-order valence-corrected chi connectivity index (χ3v) is 5.16. The second kappa shape index (κ2) is 7.68. The smallest absolute Gasteiger partial charge is 0.255 e. The molecule has 0 aliphatic rings. The molecule has 0 atom stereocenters. The highest BCUT2D eigenvalue weighted by Crippen LogP contribution is 2.25. The van der Waals surface area contributed by atoms with E-state index in [0.717, 1.165) is 0 Å². The topological polar surface area (TPSA) is 75.3 Å². The fourth-order valence-electron chi connectivity index (χ4n) is 2.16. The van der Waals surface area contributed by atoms with Gasteiger partial charge in [-0.25, -0.2) is 8.42 Å². The van der Waals surface area contributed by atoms with Gasteiger partial charge in [0.25, 0.3) is 5.91 Å². The molecule has 2 rings (SSSR count). The lowest BCUT2D eigenvalue weighted by molar-refractivity contribution is 0.102. The number of hydrogen-bond donors (Lipinski definition) is 2. The van der Waals surface area contributed by atoms with Crippen LogP contribution in [-0.4, -0.2) is 20.1 Å². The van der Waals surface area contributed by atoms with E-state index in [1.54, 1.807) is 56.3 Å². The summed E-state index contributed by atoms with van der Waals surface area (Å²) in [4.78, 5) is 12.3. The van der Waals surface area contributed by atoms with Crippen LogP contribution >= 0.6 is 11.6 Å². The van der Waals surface area contributed by atoms with Gasteiger partial charge in [0, 0.05) is 16.3 Å². The summed E-state index contributed by atoms with van der Waals surface area (Å²) >= 11 is 5.81. The molecule has 0 heterocycles. The van der Waals surface area contributed by atoms with Crippen molar-refractivity contribution in [3.05, 3.63) is 58.6 Å². The average molecular weight is 367 g/mol. The normalized spacial score (nSPS) is 11.1. The van der Waals surface area contributed by atoms with Crippen LogP contribution in [-0.2, 0) is 10.0 Å². The Hall–Kier alpha value is -2.05. The van der Waals surface area contributed by atoms with Crippen molar-refractivity contribution in [1.29, 1.82) is 0 Å². The summed E-state index contributed by atoms with van der Waals surface area (Å²) in [6, 6.07) is 11.6. The molecular formula is C17H19ClN2O3S. The minimum absolute atomic E-state index is 0.0494. The predicted octanol–water partition coefficient (Wildman–Crippen LogP) is 4.05. The standard InChI is InChI=1S/C17H19ClN2O3S/c1-3-11-24(22,23)20-16-6-4-5-15(12(16)2)19-17(21)13-7-9-14(18)10-8-13/h4-10,20H,3,11H2,1-2H3,(H,19,21). The van der Waals surface area contributed by atoms with Crippen LogP contribution in [0.1, 0.15) is 29.3 Å². The van der Waals surface area contributed by atoms with Gasteiger partial charge in [0.15, 0.2) is 0 Å². The van der Waals surface area contributed by atoms with E-state index in [9.17, 15) is 13.2 Å². The van der Waals surface area contributed by atoms with Gasteiger partial charge in [-0.15, -0.1) is 0 Å². The van der Waals surface area contributed by atoms with E-state index in [0.29, 0.717) is 33.9 Å². The lowest BCUT2D eigenvalue weighted by atomic mass is 10.1. The number of carbonyl (C=O) groups is 1. The first-order valence-corrected chi connectivity index (χ1v) is 9.52.